The summed E-state index contributed by atoms with van der Waals surface area (Å²) in [7, 11) is 0. The van der Waals surface area contributed by atoms with Crippen LogP contribution in [0.5, 0.6) is 11.5 Å². The summed E-state index contributed by atoms with van der Waals surface area (Å²) in [6.07, 6.45) is 1.63. The molecule has 0 saturated carbocycles. The minimum absolute atomic E-state index is 0.0493. The molecule has 3 aromatic carbocycles. The van der Waals surface area contributed by atoms with Gasteiger partial charge in [-0.15, -0.1) is 11.3 Å². The largest absolute Gasteiger partial charge is 0.457 e. The highest BCUT2D eigenvalue weighted by Crippen LogP contribution is 2.42. The van der Waals surface area contributed by atoms with Crippen LogP contribution >= 0.6 is 11.3 Å². The molecule has 1 atom stereocenters. The quantitative estimate of drug-likeness (QED) is 0.345. The van der Waals surface area contributed by atoms with Gasteiger partial charge in [-0.05, 0) is 42.0 Å². The van der Waals surface area contributed by atoms with Gasteiger partial charge in [0.1, 0.15) is 17.1 Å². The molecule has 3 heterocycles. The number of fused-ring (bicyclic) bond motifs is 2. The van der Waals surface area contributed by atoms with Crippen LogP contribution < -0.4 is 15.1 Å². The van der Waals surface area contributed by atoms with Gasteiger partial charge in [-0.2, -0.15) is 0 Å². The van der Waals surface area contributed by atoms with Gasteiger partial charge >= 0.3 is 0 Å². The molecule has 7 heteroatoms. The van der Waals surface area contributed by atoms with E-state index in [0.29, 0.717) is 33.2 Å². The van der Waals surface area contributed by atoms with Crippen molar-refractivity contribution in [2.45, 2.75) is 6.04 Å². The summed E-state index contributed by atoms with van der Waals surface area (Å²) in [4.78, 5) is 32.9. The number of para-hydroxylation sites is 2. The van der Waals surface area contributed by atoms with Crippen molar-refractivity contribution in [3.8, 4) is 11.5 Å². The van der Waals surface area contributed by atoms with Gasteiger partial charge in [0, 0.05) is 11.6 Å². The summed E-state index contributed by atoms with van der Waals surface area (Å²) in [5, 5.41) is 2.73. The SMILES string of the molecule is O=C1c2oc3ccccc3c(=O)c2C(c2cccc(Oc3ccccc3)c2)N1c1nccs1. The molecule has 0 fully saturated rings. The Kier molecular flexibility index (Phi) is 4.55. The topological polar surface area (TPSA) is 72.6 Å². The highest BCUT2D eigenvalue weighted by atomic mass is 32.1. The molecule has 0 N–H and O–H groups in total. The lowest BCUT2D eigenvalue weighted by molar-refractivity contribution is 0.0971. The van der Waals surface area contributed by atoms with Gasteiger partial charge in [-0.1, -0.05) is 42.5 Å². The number of amides is 1. The molecule has 1 aliphatic heterocycles. The van der Waals surface area contributed by atoms with Gasteiger partial charge in [-0.3, -0.25) is 14.5 Å². The van der Waals surface area contributed by atoms with E-state index in [9.17, 15) is 9.59 Å². The van der Waals surface area contributed by atoms with E-state index in [1.807, 2.05) is 54.6 Å². The maximum atomic E-state index is 13.6. The Morgan fingerprint density at radius 2 is 1.70 bits per heavy atom. The third-order valence-corrected chi connectivity index (χ3v) is 6.33. The van der Waals surface area contributed by atoms with E-state index in [4.69, 9.17) is 9.15 Å². The second kappa shape index (κ2) is 7.72. The summed E-state index contributed by atoms with van der Waals surface area (Å²) in [5.74, 6) is 0.958. The summed E-state index contributed by atoms with van der Waals surface area (Å²) < 4.78 is 12.0. The first kappa shape index (κ1) is 19.5. The lowest BCUT2D eigenvalue weighted by Crippen LogP contribution is -2.29. The second-order valence-electron chi connectivity index (χ2n) is 7.55. The van der Waals surface area contributed by atoms with Gasteiger partial charge in [0.25, 0.3) is 5.91 Å². The molecule has 5 aromatic rings. The molecule has 0 radical (unpaired) electrons. The minimum atomic E-state index is -0.682. The molecule has 0 bridgehead atoms. The van der Waals surface area contributed by atoms with Crippen molar-refractivity contribution in [2.75, 3.05) is 4.90 Å². The smallest absolute Gasteiger partial charge is 0.297 e. The first-order valence-electron chi connectivity index (χ1n) is 10.3. The predicted molar refractivity (Wildman–Crippen MR) is 126 cm³/mol. The van der Waals surface area contributed by atoms with Gasteiger partial charge in [0.05, 0.1) is 17.0 Å². The molecule has 1 unspecified atom stereocenters. The summed E-state index contributed by atoms with van der Waals surface area (Å²) in [6, 6.07) is 23.1. The first-order chi connectivity index (χ1) is 16.2. The maximum absolute atomic E-state index is 13.6. The van der Waals surface area contributed by atoms with E-state index in [1.165, 1.54) is 16.2 Å². The zero-order valence-electron chi connectivity index (χ0n) is 17.2. The van der Waals surface area contributed by atoms with Crippen molar-refractivity contribution in [2.24, 2.45) is 0 Å². The van der Waals surface area contributed by atoms with E-state index in [2.05, 4.69) is 4.98 Å². The molecule has 2 aromatic heterocycles. The van der Waals surface area contributed by atoms with Crippen LogP contribution in [-0.2, 0) is 0 Å². The standard InChI is InChI=1S/C26H16N2O4S/c29-23-19-11-4-5-12-20(19)32-24-21(23)22(28(25(24)30)26-27-13-14-33-26)16-7-6-10-18(15-16)31-17-8-2-1-3-9-17/h1-15,22H. The molecule has 1 amide bonds. The Hall–Kier alpha value is -4.23. The van der Waals surface area contributed by atoms with Crippen LogP contribution in [0.4, 0.5) is 5.13 Å². The number of carbonyl (C=O) groups is 1. The Balaban J connectivity index is 1.54. The Bertz CT molecular complexity index is 1540. The third kappa shape index (κ3) is 3.21. The van der Waals surface area contributed by atoms with Crippen LogP contribution in [-0.4, -0.2) is 10.9 Å². The monoisotopic (exact) mass is 452 g/mol. The van der Waals surface area contributed by atoms with E-state index in [0.717, 1.165) is 5.56 Å². The lowest BCUT2D eigenvalue weighted by Gasteiger charge is -2.23. The number of nitrogens with zero attached hydrogens (tertiary/aromatic N) is 2. The highest BCUT2D eigenvalue weighted by molar-refractivity contribution is 7.13. The van der Waals surface area contributed by atoms with Crippen molar-refractivity contribution in [3.05, 3.63) is 118 Å². The molecule has 0 spiro atoms. The normalized spacial score (nSPS) is 15.1. The number of aromatic nitrogens is 1. The average molecular weight is 452 g/mol. The molecular weight excluding hydrogens is 436 g/mol. The minimum Gasteiger partial charge on any atom is -0.457 e. The molecule has 6 rings (SSSR count). The number of rotatable bonds is 4. The number of benzene rings is 3. The van der Waals surface area contributed by atoms with Crippen molar-refractivity contribution in [3.63, 3.8) is 0 Å². The van der Waals surface area contributed by atoms with Crippen LogP contribution in [0, 0.1) is 0 Å². The Morgan fingerprint density at radius 1 is 0.909 bits per heavy atom. The molecule has 1 aliphatic rings. The lowest BCUT2D eigenvalue weighted by atomic mass is 9.98. The van der Waals surface area contributed by atoms with Gasteiger partial charge in [0.15, 0.2) is 10.6 Å². The number of thiazole rings is 1. The zero-order valence-corrected chi connectivity index (χ0v) is 18.0. The molecule has 6 nitrogen and oxygen atoms in total. The molecule has 0 aliphatic carbocycles. The molecule has 33 heavy (non-hydrogen) atoms. The van der Waals surface area contributed by atoms with Crippen molar-refractivity contribution in [1.29, 1.82) is 0 Å². The van der Waals surface area contributed by atoms with Crippen LogP contribution in [0.15, 0.2) is 99.7 Å². The van der Waals surface area contributed by atoms with E-state index in [1.54, 1.807) is 35.8 Å². The van der Waals surface area contributed by atoms with E-state index in [-0.39, 0.29) is 17.1 Å². The number of ether oxygens (including phenoxy) is 1. The van der Waals surface area contributed by atoms with E-state index >= 15 is 0 Å². The Labute approximate surface area is 192 Å². The van der Waals surface area contributed by atoms with Crippen LogP contribution in [0.25, 0.3) is 11.0 Å². The first-order valence-corrected chi connectivity index (χ1v) is 11.2. The van der Waals surface area contributed by atoms with E-state index < -0.39 is 6.04 Å². The number of hydrogen-bond acceptors (Lipinski definition) is 6. The zero-order chi connectivity index (χ0) is 22.4. The van der Waals surface area contributed by atoms with Crippen molar-refractivity contribution >= 4 is 33.3 Å². The second-order valence-corrected chi connectivity index (χ2v) is 8.42. The number of hydrogen-bond donors (Lipinski definition) is 0. The van der Waals surface area contributed by atoms with Crippen LogP contribution in [0.2, 0.25) is 0 Å². The van der Waals surface area contributed by atoms with Gasteiger partial charge in [-0.25, -0.2) is 4.98 Å². The predicted octanol–water partition coefficient (Wildman–Crippen LogP) is 5.79. The molecular formula is C26H16N2O4S. The van der Waals surface area contributed by atoms with Gasteiger partial charge in [0.2, 0.25) is 5.76 Å². The van der Waals surface area contributed by atoms with Crippen LogP contribution in [0.3, 0.4) is 0 Å². The molecule has 0 saturated heterocycles. The Morgan fingerprint density at radius 3 is 2.52 bits per heavy atom. The average Bonchev–Trinajstić information content (AvgIpc) is 3.47. The summed E-state index contributed by atoms with van der Waals surface area (Å²) in [6.45, 7) is 0. The fraction of sp³-hybridized carbons (Fsp3) is 0.0385. The highest BCUT2D eigenvalue weighted by Gasteiger charge is 2.44. The fourth-order valence-corrected chi connectivity index (χ4v) is 4.81. The van der Waals surface area contributed by atoms with Crippen LogP contribution in [0.1, 0.15) is 27.7 Å². The maximum Gasteiger partial charge on any atom is 0.297 e. The van der Waals surface area contributed by atoms with Crippen molar-refractivity contribution in [1.82, 2.24) is 4.98 Å². The fourth-order valence-electron chi connectivity index (χ4n) is 4.14. The van der Waals surface area contributed by atoms with Gasteiger partial charge < -0.3 is 9.15 Å². The third-order valence-electron chi connectivity index (χ3n) is 5.56. The number of carbonyl (C=O) groups excluding carboxylic acids is 1. The summed E-state index contributed by atoms with van der Waals surface area (Å²) >= 11 is 1.33. The summed E-state index contributed by atoms with van der Waals surface area (Å²) in [5.41, 5.74) is 1.20. The van der Waals surface area contributed by atoms with Crippen molar-refractivity contribution < 1.29 is 13.9 Å². The molecule has 160 valence electrons. The number of anilines is 1.